The van der Waals surface area contributed by atoms with Crippen LogP contribution in [0.2, 0.25) is 0 Å². The second-order valence-corrected chi connectivity index (χ2v) is 16.0. The Hall–Kier alpha value is -2.29. The fourth-order valence-electron chi connectivity index (χ4n) is 5.90. The van der Waals surface area contributed by atoms with E-state index in [-0.39, 0.29) is 32.6 Å². The highest BCUT2D eigenvalue weighted by molar-refractivity contribution is 7.47. The lowest BCUT2D eigenvalue weighted by atomic mass is 10.0. The first-order valence-electron chi connectivity index (χ1n) is 22.3. The highest BCUT2D eigenvalue weighted by atomic mass is 31.2. The van der Waals surface area contributed by atoms with Crippen molar-refractivity contribution in [3.63, 3.8) is 0 Å². The monoisotopic (exact) mass is 808 g/mol. The van der Waals surface area contributed by atoms with Crippen LogP contribution in [0.1, 0.15) is 187 Å². The molecule has 324 valence electrons. The summed E-state index contributed by atoms with van der Waals surface area (Å²) >= 11 is 0. The Morgan fingerprint density at radius 3 is 1.46 bits per heavy atom. The molecule has 0 aromatic rings. The van der Waals surface area contributed by atoms with Gasteiger partial charge in [-0.1, -0.05) is 177 Å². The fourth-order valence-corrected chi connectivity index (χ4v) is 6.66. The number of esters is 2. The summed E-state index contributed by atoms with van der Waals surface area (Å²) in [5.41, 5.74) is 5.33. The molecule has 0 fully saturated rings. The highest BCUT2D eigenvalue weighted by Gasteiger charge is 2.26. The third-order valence-electron chi connectivity index (χ3n) is 9.17. The van der Waals surface area contributed by atoms with Crippen LogP contribution in [0.25, 0.3) is 0 Å². The van der Waals surface area contributed by atoms with Crippen molar-refractivity contribution in [2.75, 3.05) is 26.4 Å². The van der Waals surface area contributed by atoms with Gasteiger partial charge in [-0.3, -0.25) is 18.6 Å². The first-order valence-corrected chi connectivity index (χ1v) is 23.8. The molecule has 0 radical (unpaired) electrons. The normalized spacial score (nSPS) is 13.9. The SMILES string of the molecule is CC/C=C\C/C=C\C/C=C\C/C=C\C/C=C\CCCCCCCCCCCCCCCC(=O)OC(COC(=O)CCCCCCCC)COP(=O)(O)OCCN. The van der Waals surface area contributed by atoms with E-state index in [1.54, 1.807) is 0 Å². The third kappa shape index (κ3) is 41.3. The predicted octanol–water partition coefficient (Wildman–Crippen LogP) is 12.9. The van der Waals surface area contributed by atoms with Gasteiger partial charge in [0, 0.05) is 19.4 Å². The van der Waals surface area contributed by atoms with Crippen molar-refractivity contribution in [2.24, 2.45) is 5.73 Å². The molecule has 0 aliphatic heterocycles. The summed E-state index contributed by atoms with van der Waals surface area (Å²) in [5.74, 6) is -0.840. The topological polar surface area (TPSA) is 134 Å². The van der Waals surface area contributed by atoms with Crippen LogP contribution in [0.15, 0.2) is 60.8 Å². The molecule has 0 rings (SSSR count). The molecular formula is C46H82NO8P. The van der Waals surface area contributed by atoms with E-state index in [1.807, 2.05) is 0 Å². The summed E-state index contributed by atoms with van der Waals surface area (Å²) in [6.45, 7) is 3.54. The molecule has 0 aromatic heterocycles. The number of hydrogen-bond donors (Lipinski definition) is 2. The number of phosphoric acid groups is 1. The van der Waals surface area contributed by atoms with Crippen molar-refractivity contribution in [2.45, 2.75) is 193 Å². The average Bonchev–Trinajstić information content (AvgIpc) is 3.18. The maximum absolute atomic E-state index is 12.5. The number of nitrogens with two attached hydrogens (primary N) is 1. The second-order valence-electron chi connectivity index (χ2n) is 14.5. The van der Waals surface area contributed by atoms with Crippen LogP contribution in [0, 0.1) is 0 Å². The molecule has 10 heteroatoms. The summed E-state index contributed by atoms with van der Waals surface area (Å²) in [6.07, 6.45) is 50.1. The largest absolute Gasteiger partial charge is 0.472 e. The molecule has 0 spiro atoms. The third-order valence-corrected chi connectivity index (χ3v) is 10.2. The summed E-state index contributed by atoms with van der Waals surface area (Å²) in [6, 6.07) is 0. The maximum atomic E-state index is 12.5. The van der Waals surface area contributed by atoms with Crippen LogP contribution in [-0.4, -0.2) is 49.3 Å². The van der Waals surface area contributed by atoms with Gasteiger partial charge in [-0.2, -0.15) is 0 Å². The number of rotatable bonds is 41. The summed E-state index contributed by atoms with van der Waals surface area (Å²) < 4.78 is 32.6. The van der Waals surface area contributed by atoms with Gasteiger partial charge in [0.15, 0.2) is 6.10 Å². The molecule has 0 heterocycles. The zero-order valence-electron chi connectivity index (χ0n) is 35.6. The van der Waals surface area contributed by atoms with E-state index < -0.39 is 32.5 Å². The van der Waals surface area contributed by atoms with Gasteiger partial charge in [-0.25, -0.2) is 4.57 Å². The molecule has 0 aromatic carbocycles. The van der Waals surface area contributed by atoms with Crippen molar-refractivity contribution >= 4 is 19.8 Å². The Kier molecular flexibility index (Phi) is 40.6. The molecule has 2 atom stereocenters. The molecule has 0 amide bonds. The van der Waals surface area contributed by atoms with E-state index in [1.165, 1.54) is 70.6 Å². The van der Waals surface area contributed by atoms with E-state index in [0.717, 1.165) is 83.5 Å². The number of hydrogen-bond acceptors (Lipinski definition) is 8. The van der Waals surface area contributed by atoms with Gasteiger partial charge in [0.05, 0.1) is 13.2 Å². The van der Waals surface area contributed by atoms with Crippen LogP contribution in [0.4, 0.5) is 0 Å². The Morgan fingerprint density at radius 2 is 0.982 bits per heavy atom. The molecule has 0 saturated carbocycles. The Morgan fingerprint density at radius 1 is 0.554 bits per heavy atom. The van der Waals surface area contributed by atoms with Gasteiger partial charge in [0.2, 0.25) is 0 Å². The second kappa shape index (κ2) is 42.3. The highest BCUT2D eigenvalue weighted by Crippen LogP contribution is 2.43. The van der Waals surface area contributed by atoms with E-state index >= 15 is 0 Å². The maximum Gasteiger partial charge on any atom is 0.472 e. The van der Waals surface area contributed by atoms with E-state index in [0.29, 0.717) is 6.42 Å². The van der Waals surface area contributed by atoms with Gasteiger partial charge in [-0.05, 0) is 57.8 Å². The van der Waals surface area contributed by atoms with Crippen molar-refractivity contribution < 1.29 is 37.6 Å². The number of unbranched alkanes of at least 4 members (excludes halogenated alkanes) is 18. The zero-order valence-corrected chi connectivity index (χ0v) is 36.5. The quantitative estimate of drug-likeness (QED) is 0.0268. The number of phosphoric ester groups is 1. The molecule has 56 heavy (non-hydrogen) atoms. The summed E-state index contributed by atoms with van der Waals surface area (Å²) in [5, 5.41) is 0. The first kappa shape index (κ1) is 53.7. The minimum absolute atomic E-state index is 0.0523. The van der Waals surface area contributed by atoms with Crippen LogP contribution < -0.4 is 5.73 Å². The minimum atomic E-state index is -4.37. The van der Waals surface area contributed by atoms with E-state index in [2.05, 4.69) is 74.6 Å². The molecule has 0 saturated heterocycles. The summed E-state index contributed by atoms with van der Waals surface area (Å²) in [4.78, 5) is 34.6. The molecule has 3 N–H and O–H groups in total. The molecule has 0 bridgehead atoms. The number of carbonyl (C=O) groups excluding carboxylic acids is 2. The van der Waals surface area contributed by atoms with Gasteiger partial charge >= 0.3 is 19.8 Å². The average molecular weight is 808 g/mol. The molecule has 0 aliphatic rings. The Bertz CT molecular complexity index is 1100. The number of ether oxygens (including phenoxy) is 2. The van der Waals surface area contributed by atoms with Crippen molar-refractivity contribution in [3.8, 4) is 0 Å². The predicted molar refractivity (Wildman–Crippen MR) is 233 cm³/mol. The van der Waals surface area contributed by atoms with Gasteiger partial charge < -0.3 is 20.1 Å². The standard InChI is InChI=1S/C46H82NO8P/c1-3-5-7-9-11-12-13-14-15-16-17-18-19-20-21-22-23-24-25-26-27-28-29-30-31-32-33-35-37-39-46(49)55-44(43-54-56(50,51)53-41-40-47)42-52-45(48)38-36-34-10-8-6-4-2/h5,7,11-12,14-15,17-18,20-21,44H,3-4,6,8-10,13,16,19,22-43,47H2,1-2H3,(H,50,51)/b7-5-,12-11-,15-14-,18-17-,21-20-. The smallest absolute Gasteiger partial charge is 0.462 e. The van der Waals surface area contributed by atoms with Gasteiger partial charge in [-0.15, -0.1) is 0 Å². The van der Waals surface area contributed by atoms with Crippen molar-refractivity contribution in [1.29, 1.82) is 0 Å². The molecular weight excluding hydrogens is 725 g/mol. The number of allylic oxidation sites excluding steroid dienone is 10. The minimum Gasteiger partial charge on any atom is -0.462 e. The van der Waals surface area contributed by atoms with Crippen molar-refractivity contribution in [1.82, 2.24) is 0 Å². The van der Waals surface area contributed by atoms with Crippen LogP contribution in [-0.2, 0) is 32.7 Å². The van der Waals surface area contributed by atoms with Gasteiger partial charge in [0.1, 0.15) is 6.61 Å². The lowest BCUT2D eigenvalue weighted by molar-refractivity contribution is -0.161. The first-order chi connectivity index (χ1) is 27.3. The molecule has 2 unspecified atom stereocenters. The Labute approximate surface area is 342 Å². The molecule has 9 nitrogen and oxygen atoms in total. The molecule has 0 aliphatic carbocycles. The van der Waals surface area contributed by atoms with Gasteiger partial charge in [0.25, 0.3) is 0 Å². The summed E-state index contributed by atoms with van der Waals surface area (Å²) in [7, 11) is -4.37. The van der Waals surface area contributed by atoms with Crippen LogP contribution in [0.3, 0.4) is 0 Å². The zero-order chi connectivity index (χ0) is 41.1. The van der Waals surface area contributed by atoms with Crippen LogP contribution in [0.5, 0.6) is 0 Å². The lowest BCUT2D eigenvalue weighted by Crippen LogP contribution is -2.29. The van der Waals surface area contributed by atoms with Crippen LogP contribution >= 0.6 is 7.82 Å². The van der Waals surface area contributed by atoms with Crippen molar-refractivity contribution in [3.05, 3.63) is 60.8 Å². The fraction of sp³-hybridized carbons (Fsp3) is 0.739. The van der Waals surface area contributed by atoms with E-state index in [9.17, 15) is 19.0 Å². The van der Waals surface area contributed by atoms with E-state index in [4.69, 9.17) is 24.3 Å². The number of carbonyl (C=O) groups is 2. The Balaban J connectivity index is 3.89. The lowest BCUT2D eigenvalue weighted by Gasteiger charge is -2.19.